The first kappa shape index (κ1) is 13.5. The summed E-state index contributed by atoms with van der Waals surface area (Å²) in [5.41, 5.74) is 1.31. The molecule has 1 aromatic carbocycles. The van der Waals surface area contributed by atoms with Crippen LogP contribution < -0.4 is 5.32 Å². The highest BCUT2D eigenvalue weighted by atomic mass is 35.5. The van der Waals surface area contributed by atoms with Crippen LogP contribution in [-0.4, -0.2) is 6.54 Å². The number of nitrogens with one attached hydrogen (secondary N) is 1. The number of benzene rings is 1. The predicted molar refractivity (Wildman–Crippen MR) is 72.0 cm³/mol. The summed E-state index contributed by atoms with van der Waals surface area (Å²) >= 11 is 6.02. The van der Waals surface area contributed by atoms with Gasteiger partial charge in [0.15, 0.2) is 0 Å². The minimum Gasteiger partial charge on any atom is -0.310 e. The van der Waals surface area contributed by atoms with Gasteiger partial charge in [0.1, 0.15) is 0 Å². The van der Waals surface area contributed by atoms with E-state index in [1.807, 2.05) is 12.1 Å². The molecule has 0 aromatic heterocycles. The molecule has 0 spiro atoms. The molecule has 1 N–H and O–H groups in total. The first-order chi connectivity index (χ1) is 7.77. The maximum Gasteiger partial charge on any atom is 0.0409 e. The lowest BCUT2D eigenvalue weighted by Gasteiger charge is -2.18. The lowest BCUT2D eigenvalue weighted by Crippen LogP contribution is -2.20. The predicted octanol–water partition coefficient (Wildman–Crippen LogP) is 4.57. The van der Waals surface area contributed by atoms with Crippen molar-refractivity contribution >= 4 is 11.6 Å². The Morgan fingerprint density at radius 3 is 2.69 bits per heavy atom. The molecule has 0 fully saturated rings. The first-order valence-electron chi connectivity index (χ1n) is 6.26. The summed E-state index contributed by atoms with van der Waals surface area (Å²) in [7, 11) is 0. The summed E-state index contributed by atoms with van der Waals surface area (Å²) in [6.45, 7) is 5.39. The van der Waals surface area contributed by atoms with Crippen LogP contribution in [-0.2, 0) is 0 Å². The van der Waals surface area contributed by atoms with Crippen molar-refractivity contribution in [3.05, 3.63) is 34.9 Å². The van der Waals surface area contributed by atoms with Crippen molar-refractivity contribution in [2.75, 3.05) is 6.54 Å². The van der Waals surface area contributed by atoms with Gasteiger partial charge in [-0.1, -0.05) is 56.8 Å². The van der Waals surface area contributed by atoms with Gasteiger partial charge in [-0.25, -0.2) is 0 Å². The molecule has 0 heterocycles. The average molecular weight is 240 g/mol. The molecule has 16 heavy (non-hydrogen) atoms. The van der Waals surface area contributed by atoms with Crippen LogP contribution in [0.1, 0.15) is 51.1 Å². The fourth-order valence-corrected chi connectivity index (χ4v) is 2.15. The monoisotopic (exact) mass is 239 g/mol. The zero-order valence-electron chi connectivity index (χ0n) is 10.3. The SMILES string of the molecule is CCCCCC(NCC)c1cccc(Cl)c1. The van der Waals surface area contributed by atoms with Gasteiger partial charge in [-0.15, -0.1) is 0 Å². The number of rotatable bonds is 7. The van der Waals surface area contributed by atoms with Crippen LogP contribution in [0.15, 0.2) is 24.3 Å². The Morgan fingerprint density at radius 1 is 1.25 bits per heavy atom. The van der Waals surface area contributed by atoms with Crippen LogP contribution in [0.3, 0.4) is 0 Å². The fraction of sp³-hybridized carbons (Fsp3) is 0.571. The fourth-order valence-electron chi connectivity index (χ4n) is 1.95. The van der Waals surface area contributed by atoms with Gasteiger partial charge in [0.2, 0.25) is 0 Å². The van der Waals surface area contributed by atoms with Crippen molar-refractivity contribution in [3.63, 3.8) is 0 Å². The van der Waals surface area contributed by atoms with Gasteiger partial charge in [-0.2, -0.15) is 0 Å². The van der Waals surface area contributed by atoms with Gasteiger partial charge in [0.25, 0.3) is 0 Å². The summed E-state index contributed by atoms with van der Waals surface area (Å²) in [5.74, 6) is 0. The Morgan fingerprint density at radius 2 is 2.06 bits per heavy atom. The zero-order chi connectivity index (χ0) is 11.8. The highest BCUT2D eigenvalue weighted by molar-refractivity contribution is 6.30. The summed E-state index contributed by atoms with van der Waals surface area (Å²) in [5, 5.41) is 4.36. The molecule has 0 saturated carbocycles. The Bertz CT molecular complexity index is 299. The van der Waals surface area contributed by atoms with Crippen molar-refractivity contribution in [1.82, 2.24) is 5.32 Å². The minimum absolute atomic E-state index is 0.454. The quantitative estimate of drug-likeness (QED) is 0.688. The maximum atomic E-state index is 6.02. The average Bonchev–Trinajstić information content (AvgIpc) is 2.28. The third-order valence-corrected chi connectivity index (χ3v) is 3.03. The lowest BCUT2D eigenvalue weighted by molar-refractivity contribution is 0.486. The maximum absolute atomic E-state index is 6.02. The number of unbranched alkanes of at least 4 members (excludes halogenated alkanes) is 2. The van der Waals surface area contributed by atoms with Crippen LogP contribution in [0.5, 0.6) is 0 Å². The van der Waals surface area contributed by atoms with Gasteiger partial charge in [0.05, 0.1) is 0 Å². The summed E-state index contributed by atoms with van der Waals surface area (Å²) < 4.78 is 0. The second kappa shape index (κ2) is 7.70. The molecule has 0 aliphatic carbocycles. The highest BCUT2D eigenvalue weighted by Crippen LogP contribution is 2.22. The molecule has 1 unspecified atom stereocenters. The van der Waals surface area contributed by atoms with Crippen molar-refractivity contribution in [1.29, 1.82) is 0 Å². The molecular formula is C14H22ClN. The van der Waals surface area contributed by atoms with Crippen LogP contribution in [0.4, 0.5) is 0 Å². The van der Waals surface area contributed by atoms with E-state index in [-0.39, 0.29) is 0 Å². The second-order valence-electron chi connectivity index (χ2n) is 4.16. The summed E-state index contributed by atoms with van der Waals surface area (Å²) in [4.78, 5) is 0. The molecule has 0 bridgehead atoms. The van der Waals surface area contributed by atoms with E-state index in [2.05, 4.69) is 31.3 Å². The molecule has 0 amide bonds. The van der Waals surface area contributed by atoms with E-state index in [1.54, 1.807) is 0 Å². The van der Waals surface area contributed by atoms with Crippen molar-refractivity contribution in [2.24, 2.45) is 0 Å². The van der Waals surface area contributed by atoms with Crippen LogP contribution in [0.25, 0.3) is 0 Å². The number of hydrogen-bond acceptors (Lipinski definition) is 1. The molecule has 1 aromatic rings. The Balaban J connectivity index is 2.61. The summed E-state index contributed by atoms with van der Waals surface area (Å²) in [6, 6.07) is 8.64. The van der Waals surface area contributed by atoms with Gasteiger partial charge in [0, 0.05) is 11.1 Å². The van der Waals surface area contributed by atoms with Crippen LogP contribution >= 0.6 is 11.6 Å². The topological polar surface area (TPSA) is 12.0 Å². The van der Waals surface area contributed by atoms with E-state index in [4.69, 9.17) is 11.6 Å². The van der Waals surface area contributed by atoms with E-state index >= 15 is 0 Å². The molecule has 0 saturated heterocycles. The van der Waals surface area contributed by atoms with Gasteiger partial charge < -0.3 is 5.32 Å². The minimum atomic E-state index is 0.454. The van der Waals surface area contributed by atoms with E-state index in [0.717, 1.165) is 11.6 Å². The molecule has 1 rings (SSSR count). The third kappa shape index (κ3) is 4.54. The van der Waals surface area contributed by atoms with Crippen molar-refractivity contribution < 1.29 is 0 Å². The molecule has 0 aliphatic rings. The van der Waals surface area contributed by atoms with Crippen LogP contribution in [0.2, 0.25) is 5.02 Å². The molecule has 0 radical (unpaired) electrons. The highest BCUT2D eigenvalue weighted by Gasteiger charge is 2.09. The van der Waals surface area contributed by atoms with Gasteiger partial charge >= 0.3 is 0 Å². The molecular weight excluding hydrogens is 218 g/mol. The number of hydrogen-bond donors (Lipinski definition) is 1. The van der Waals surface area contributed by atoms with E-state index < -0.39 is 0 Å². The largest absolute Gasteiger partial charge is 0.310 e. The summed E-state index contributed by atoms with van der Waals surface area (Å²) in [6.07, 6.45) is 5.06. The Hall–Kier alpha value is -0.530. The second-order valence-corrected chi connectivity index (χ2v) is 4.60. The van der Waals surface area contributed by atoms with Crippen molar-refractivity contribution in [2.45, 2.75) is 45.6 Å². The molecule has 0 aliphatic heterocycles. The lowest BCUT2D eigenvalue weighted by atomic mass is 10.0. The van der Waals surface area contributed by atoms with E-state index in [9.17, 15) is 0 Å². The number of halogens is 1. The normalized spacial score (nSPS) is 12.7. The first-order valence-corrected chi connectivity index (χ1v) is 6.64. The third-order valence-electron chi connectivity index (χ3n) is 2.80. The Labute approximate surface area is 104 Å². The molecule has 1 nitrogen and oxygen atoms in total. The van der Waals surface area contributed by atoms with Crippen molar-refractivity contribution in [3.8, 4) is 0 Å². The smallest absolute Gasteiger partial charge is 0.0409 e. The molecule has 90 valence electrons. The Kier molecular flexibility index (Phi) is 6.51. The molecule has 1 atom stereocenters. The zero-order valence-corrected chi connectivity index (χ0v) is 11.1. The van der Waals surface area contributed by atoms with E-state index in [0.29, 0.717) is 6.04 Å². The standard InChI is InChI=1S/C14H22ClN/c1-3-5-6-10-14(16-4-2)12-8-7-9-13(15)11-12/h7-9,11,14,16H,3-6,10H2,1-2H3. The molecule has 2 heteroatoms. The van der Waals surface area contributed by atoms with Gasteiger partial charge in [-0.05, 0) is 30.7 Å². The van der Waals surface area contributed by atoms with Gasteiger partial charge in [-0.3, -0.25) is 0 Å². The van der Waals surface area contributed by atoms with E-state index in [1.165, 1.54) is 31.2 Å². The van der Waals surface area contributed by atoms with Crippen LogP contribution in [0, 0.1) is 0 Å².